The van der Waals surface area contributed by atoms with Crippen molar-refractivity contribution in [1.82, 2.24) is 0 Å². The van der Waals surface area contributed by atoms with Crippen molar-refractivity contribution in [3.05, 3.63) is 59.9 Å². The summed E-state index contributed by atoms with van der Waals surface area (Å²) in [5.74, 6) is 0.731. The molecule has 0 bridgehead atoms. The van der Waals surface area contributed by atoms with Gasteiger partial charge in [-0.15, -0.1) is 23.2 Å². The van der Waals surface area contributed by atoms with Gasteiger partial charge in [0.25, 0.3) is 0 Å². The lowest BCUT2D eigenvalue weighted by Crippen LogP contribution is -2.27. The van der Waals surface area contributed by atoms with E-state index in [0.717, 1.165) is 31.6 Å². The van der Waals surface area contributed by atoms with Crippen molar-refractivity contribution in [3.63, 3.8) is 0 Å². The first-order valence-electron chi connectivity index (χ1n) is 8.63. The van der Waals surface area contributed by atoms with Crippen LogP contribution < -0.4 is 10.2 Å². The highest BCUT2D eigenvalue weighted by molar-refractivity contribution is 6.18. The Balaban J connectivity index is 1.78. The van der Waals surface area contributed by atoms with E-state index >= 15 is 0 Å². The van der Waals surface area contributed by atoms with E-state index in [2.05, 4.69) is 34.5 Å². The molecule has 0 spiro atoms. The summed E-state index contributed by atoms with van der Waals surface area (Å²) in [6.45, 7) is 1.52. The molecule has 2 rings (SSSR count). The van der Waals surface area contributed by atoms with Crippen molar-refractivity contribution in [2.45, 2.75) is 19.3 Å². The number of hydrogen-bond donors (Lipinski definition) is 1. The number of amides is 1. The van der Waals surface area contributed by atoms with Crippen LogP contribution in [-0.4, -0.2) is 30.8 Å². The predicted octanol–water partition coefficient (Wildman–Crippen LogP) is 5.07. The predicted molar refractivity (Wildman–Crippen MR) is 108 cm³/mol. The van der Waals surface area contributed by atoms with Crippen LogP contribution in [0.5, 0.6) is 0 Å². The summed E-state index contributed by atoms with van der Waals surface area (Å²) in [5.41, 5.74) is 2.89. The van der Waals surface area contributed by atoms with E-state index in [1.54, 1.807) is 12.1 Å². The number of anilines is 2. The summed E-state index contributed by atoms with van der Waals surface area (Å²) in [4.78, 5) is 14.1. The fraction of sp³-hybridized carbons (Fsp3) is 0.350. The second kappa shape index (κ2) is 11.0. The number of alkyl halides is 2. The lowest BCUT2D eigenvalue weighted by atomic mass is 10.1. The Labute approximate surface area is 164 Å². The number of hydrogen-bond acceptors (Lipinski definition) is 2. The zero-order chi connectivity index (χ0) is 18.8. The Hall–Kier alpha value is -1.78. The maximum absolute atomic E-state index is 12.8. The molecule has 0 aliphatic carbocycles. The normalized spacial score (nSPS) is 10.6. The molecule has 6 heteroatoms. The fourth-order valence-electron chi connectivity index (χ4n) is 2.66. The zero-order valence-corrected chi connectivity index (χ0v) is 16.1. The monoisotopic (exact) mass is 396 g/mol. The molecule has 1 N–H and O–H groups in total. The molecule has 0 unspecified atom stereocenters. The number of carbonyl (C=O) groups excluding carboxylic acids is 1. The van der Waals surface area contributed by atoms with Crippen molar-refractivity contribution in [1.29, 1.82) is 0 Å². The van der Waals surface area contributed by atoms with E-state index in [1.165, 1.54) is 17.7 Å². The van der Waals surface area contributed by atoms with Crippen LogP contribution in [0.15, 0.2) is 48.5 Å². The average molecular weight is 397 g/mol. The summed E-state index contributed by atoms with van der Waals surface area (Å²) in [7, 11) is 0. The summed E-state index contributed by atoms with van der Waals surface area (Å²) in [6, 6.07) is 14.0. The Bertz CT molecular complexity index is 671. The van der Waals surface area contributed by atoms with Gasteiger partial charge in [0.05, 0.1) is 0 Å². The Morgan fingerprint density at radius 1 is 0.962 bits per heavy atom. The van der Waals surface area contributed by atoms with Gasteiger partial charge in [0.2, 0.25) is 5.91 Å². The minimum Gasteiger partial charge on any atom is -0.369 e. The molecule has 0 heterocycles. The maximum atomic E-state index is 12.8. The van der Waals surface area contributed by atoms with E-state index < -0.39 is 0 Å². The number of halogens is 3. The van der Waals surface area contributed by atoms with Gasteiger partial charge in [-0.3, -0.25) is 4.79 Å². The lowest BCUT2D eigenvalue weighted by Gasteiger charge is -2.23. The van der Waals surface area contributed by atoms with Crippen molar-refractivity contribution < 1.29 is 9.18 Å². The number of carbonyl (C=O) groups is 1. The van der Waals surface area contributed by atoms with Crippen LogP contribution >= 0.6 is 23.2 Å². The molecule has 0 saturated heterocycles. The van der Waals surface area contributed by atoms with Gasteiger partial charge in [0.15, 0.2) is 0 Å². The topological polar surface area (TPSA) is 32.3 Å². The molecule has 2 aromatic carbocycles. The third-order valence-corrected chi connectivity index (χ3v) is 4.35. The van der Waals surface area contributed by atoms with Gasteiger partial charge in [-0.1, -0.05) is 12.1 Å². The van der Waals surface area contributed by atoms with Crippen molar-refractivity contribution >= 4 is 40.5 Å². The first-order valence-corrected chi connectivity index (χ1v) is 9.70. The van der Waals surface area contributed by atoms with Gasteiger partial charge in [-0.05, 0) is 54.8 Å². The van der Waals surface area contributed by atoms with Gasteiger partial charge >= 0.3 is 0 Å². The van der Waals surface area contributed by atoms with Crippen LogP contribution in [0, 0.1) is 5.82 Å². The quantitative estimate of drug-likeness (QED) is 0.568. The Morgan fingerprint density at radius 2 is 1.58 bits per heavy atom. The van der Waals surface area contributed by atoms with Gasteiger partial charge in [0, 0.05) is 42.6 Å². The summed E-state index contributed by atoms with van der Waals surface area (Å²) in [5, 5.41) is 2.77. The molecule has 0 aliphatic rings. The summed E-state index contributed by atoms with van der Waals surface area (Å²) >= 11 is 11.7. The molecule has 0 aromatic heterocycles. The van der Waals surface area contributed by atoms with Gasteiger partial charge in [-0.25, -0.2) is 4.39 Å². The fourth-order valence-corrected chi connectivity index (χ4v) is 3.07. The van der Waals surface area contributed by atoms with E-state index in [4.69, 9.17) is 23.2 Å². The highest BCUT2D eigenvalue weighted by atomic mass is 35.5. The van der Waals surface area contributed by atoms with Crippen LogP contribution in [0.1, 0.15) is 18.4 Å². The van der Waals surface area contributed by atoms with E-state index in [0.29, 0.717) is 23.9 Å². The van der Waals surface area contributed by atoms with Gasteiger partial charge < -0.3 is 10.2 Å². The summed E-state index contributed by atoms with van der Waals surface area (Å²) < 4.78 is 12.8. The maximum Gasteiger partial charge on any atom is 0.224 e. The number of nitrogens with zero attached hydrogens (tertiary/aromatic N) is 1. The Morgan fingerprint density at radius 3 is 2.15 bits per heavy atom. The van der Waals surface area contributed by atoms with E-state index in [9.17, 15) is 9.18 Å². The molecular weight excluding hydrogens is 374 g/mol. The number of aryl methyl sites for hydroxylation is 1. The molecule has 3 nitrogen and oxygen atoms in total. The minimum absolute atomic E-state index is 0.0661. The molecule has 2 aromatic rings. The number of rotatable bonds is 10. The zero-order valence-electron chi connectivity index (χ0n) is 14.6. The Kier molecular flexibility index (Phi) is 8.72. The molecule has 140 valence electrons. The second-order valence-corrected chi connectivity index (χ2v) is 6.70. The van der Waals surface area contributed by atoms with Crippen LogP contribution in [0.4, 0.5) is 15.8 Å². The largest absolute Gasteiger partial charge is 0.369 e. The second-order valence-electron chi connectivity index (χ2n) is 5.94. The van der Waals surface area contributed by atoms with Gasteiger partial charge in [-0.2, -0.15) is 0 Å². The molecule has 0 aliphatic heterocycles. The van der Waals surface area contributed by atoms with E-state index in [-0.39, 0.29) is 11.7 Å². The molecule has 0 saturated carbocycles. The first-order chi connectivity index (χ1) is 12.6. The van der Waals surface area contributed by atoms with Crippen molar-refractivity contribution in [3.8, 4) is 0 Å². The molecule has 0 fully saturated rings. The van der Waals surface area contributed by atoms with Crippen molar-refractivity contribution in [2.24, 2.45) is 0 Å². The first kappa shape index (κ1) is 20.5. The van der Waals surface area contributed by atoms with Gasteiger partial charge in [0.1, 0.15) is 5.82 Å². The molecule has 0 atom stereocenters. The minimum atomic E-state index is -0.317. The smallest absolute Gasteiger partial charge is 0.224 e. The molecule has 26 heavy (non-hydrogen) atoms. The highest BCUT2D eigenvalue weighted by Gasteiger charge is 2.06. The lowest BCUT2D eigenvalue weighted by molar-refractivity contribution is -0.116. The standard InChI is InChI=1S/C20H23Cl2FN2O/c21-12-14-25(15-13-22)19-10-4-16(5-11-19)2-1-3-20(26)24-18-8-6-17(23)7-9-18/h4-11H,1-3,12-15H2,(H,24,26). The van der Waals surface area contributed by atoms with Crippen LogP contribution in [-0.2, 0) is 11.2 Å². The van der Waals surface area contributed by atoms with Crippen LogP contribution in [0.3, 0.4) is 0 Å². The average Bonchev–Trinajstić information content (AvgIpc) is 2.64. The number of nitrogens with one attached hydrogen (secondary N) is 1. The van der Waals surface area contributed by atoms with E-state index in [1.807, 2.05) is 0 Å². The summed E-state index contributed by atoms with van der Waals surface area (Å²) in [6.07, 6.45) is 1.99. The molecular formula is C20H23Cl2FN2O. The third kappa shape index (κ3) is 6.85. The van der Waals surface area contributed by atoms with Crippen LogP contribution in [0.2, 0.25) is 0 Å². The van der Waals surface area contributed by atoms with Crippen LogP contribution in [0.25, 0.3) is 0 Å². The van der Waals surface area contributed by atoms with Crippen molar-refractivity contribution in [2.75, 3.05) is 35.1 Å². The highest BCUT2D eigenvalue weighted by Crippen LogP contribution is 2.17. The molecule has 1 amide bonds. The number of benzene rings is 2. The third-order valence-electron chi connectivity index (χ3n) is 4.01. The molecule has 0 radical (unpaired) electrons. The SMILES string of the molecule is O=C(CCCc1ccc(N(CCCl)CCCl)cc1)Nc1ccc(F)cc1.